The molecule has 2 N–H and O–H groups in total. The molecule has 0 bridgehead atoms. The Morgan fingerprint density at radius 1 is 1.60 bits per heavy atom. The van der Waals surface area contributed by atoms with Crippen LogP contribution in [-0.4, -0.2) is 29.4 Å². The molecule has 2 unspecified atom stereocenters. The van der Waals surface area contributed by atoms with Gasteiger partial charge in [-0.25, -0.2) is 4.79 Å². The molecule has 15 heavy (non-hydrogen) atoms. The van der Waals surface area contributed by atoms with Crippen LogP contribution in [-0.2, 0) is 10.3 Å². The van der Waals surface area contributed by atoms with E-state index < -0.39 is 17.7 Å². The summed E-state index contributed by atoms with van der Waals surface area (Å²) in [5.74, 6) is -1.19. The predicted octanol–water partition coefficient (Wildman–Crippen LogP) is 1.22. The maximum absolute atomic E-state index is 10.6. The fourth-order valence-electron chi connectivity index (χ4n) is 1.15. The van der Waals surface area contributed by atoms with E-state index in [1.165, 1.54) is 26.2 Å². The van der Waals surface area contributed by atoms with Crippen molar-refractivity contribution in [2.45, 2.75) is 25.6 Å². The third-order valence-corrected chi connectivity index (χ3v) is 2.46. The van der Waals surface area contributed by atoms with Crippen molar-refractivity contribution in [2.24, 2.45) is 0 Å². The van der Waals surface area contributed by atoms with E-state index in [0.29, 0.717) is 0 Å². The van der Waals surface area contributed by atoms with Gasteiger partial charge >= 0.3 is 5.97 Å². The highest BCUT2D eigenvalue weighted by molar-refractivity contribution is 5.84. The van der Waals surface area contributed by atoms with E-state index in [-0.39, 0.29) is 11.5 Å². The van der Waals surface area contributed by atoms with E-state index in [4.69, 9.17) is 14.3 Å². The third-order valence-electron chi connectivity index (χ3n) is 2.46. The molecule has 0 amide bonds. The second kappa shape index (κ2) is 4.04. The Hall–Kier alpha value is -1.33. The van der Waals surface area contributed by atoms with E-state index in [1.54, 1.807) is 6.92 Å². The van der Waals surface area contributed by atoms with Gasteiger partial charge in [-0.05, 0) is 26.0 Å². The minimum absolute atomic E-state index is 0.175. The molecule has 84 valence electrons. The number of methoxy groups -OCH3 is 1. The molecule has 0 aliphatic heterocycles. The summed E-state index contributed by atoms with van der Waals surface area (Å²) in [7, 11) is 1.46. The van der Waals surface area contributed by atoms with Crippen molar-refractivity contribution in [1.82, 2.24) is 0 Å². The number of carboxylic acids is 1. The molecule has 1 aromatic rings. The summed E-state index contributed by atoms with van der Waals surface area (Å²) in [5, 5.41) is 18.7. The molecule has 0 saturated heterocycles. The number of carboxylic acid groups (broad SMARTS) is 1. The molecule has 5 nitrogen and oxygen atoms in total. The summed E-state index contributed by atoms with van der Waals surface area (Å²) in [4.78, 5) is 10.6. The zero-order valence-electron chi connectivity index (χ0n) is 8.85. The molecule has 0 saturated carbocycles. The summed E-state index contributed by atoms with van der Waals surface area (Å²) in [6.45, 7) is 3.18. The predicted molar refractivity (Wildman–Crippen MR) is 51.7 cm³/mol. The third kappa shape index (κ3) is 2.19. The maximum atomic E-state index is 10.6. The van der Waals surface area contributed by atoms with Crippen LogP contribution in [0.2, 0.25) is 0 Å². The van der Waals surface area contributed by atoms with Gasteiger partial charge in [-0.1, -0.05) is 0 Å². The maximum Gasteiger partial charge on any atom is 0.371 e. The topological polar surface area (TPSA) is 79.9 Å². The molecule has 0 fully saturated rings. The summed E-state index contributed by atoms with van der Waals surface area (Å²) >= 11 is 0. The second-order valence-corrected chi connectivity index (χ2v) is 3.49. The number of aromatic carboxylic acids is 1. The van der Waals surface area contributed by atoms with Crippen molar-refractivity contribution in [3.05, 3.63) is 23.7 Å². The first-order chi connectivity index (χ1) is 6.89. The Kier molecular flexibility index (Phi) is 3.16. The van der Waals surface area contributed by atoms with E-state index in [9.17, 15) is 9.90 Å². The zero-order valence-corrected chi connectivity index (χ0v) is 8.85. The lowest BCUT2D eigenvalue weighted by Gasteiger charge is -2.26. The van der Waals surface area contributed by atoms with E-state index in [1.807, 2.05) is 0 Å². The summed E-state index contributed by atoms with van der Waals surface area (Å²) in [6, 6.07) is 2.73. The van der Waals surface area contributed by atoms with Crippen LogP contribution in [0.25, 0.3) is 0 Å². The van der Waals surface area contributed by atoms with Gasteiger partial charge in [0.25, 0.3) is 0 Å². The Labute approximate surface area is 87.3 Å². The molecule has 2 atom stereocenters. The summed E-state index contributed by atoms with van der Waals surface area (Å²) < 4.78 is 9.98. The standard InChI is InChI=1S/C10H14O5/c1-6(14-3)10(2,13)8-5-4-7(15-8)9(11)12/h4-6,13H,1-3H3,(H,11,12). The van der Waals surface area contributed by atoms with Gasteiger partial charge < -0.3 is 19.4 Å². The fraction of sp³-hybridized carbons (Fsp3) is 0.500. The Morgan fingerprint density at radius 2 is 2.20 bits per heavy atom. The monoisotopic (exact) mass is 214 g/mol. The van der Waals surface area contributed by atoms with Crippen molar-refractivity contribution < 1.29 is 24.2 Å². The molecule has 1 rings (SSSR count). The van der Waals surface area contributed by atoms with Gasteiger partial charge in [-0.2, -0.15) is 0 Å². The molecular formula is C10H14O5. The van der Waals surface area contributed by atoms with Gasteiger partial charge in [0.1, 0.15) is 11.4 Å². The van der Waals surface area contributed by atoms with Crippen LogP contribution in [0.1, 0.15) is 30.2 Å². The molecule has 0 aliphatic carbocycles. The van der Waals surface area contributed by atoms with Gasteiger partial charge in [-0.15, -0.1) is 0 Å². The van der Waals surface area contributed by atoms with Crippen LogP contribution >= 0.6 is 0 Å². The summed E-state index contributed by atoms with van der Waals surface area (Å²) in [5.41, 5.74) is -1.34. The first kappa shape index (κ1) is 11.7. The van der Waals surface area contributed by atoms with E-state index >= 15 is 0 Å². The van der Waals surface area contributed by atoms with Crippen molar-refractivity contribution in [3.63, 3.8) is 0 Å². The minimum atomic E-state index is -1.34. The second-order valence-electron chi connectivity index (χ2n) is 3.49. The number of hydrogen-bond acceptors (Lipinski definition) is 4. The van der Waals surface area contributed by atoms with Gasteiger partial charge in [-0.3, -0.25) is 0 Å². The molecule has 0 spiro atoms. The SMILES string of the molecule is COC(C)C(C)(O)c1ccc(C(=O)O)o1. The van der Waals surface area contributed by atoms with Crippen LogP contribution in [0.15, 0.2) is 16.5 Å². The Morgan fingerprint density at radius 3 is 2.60 bits per heavy atom. The van der Waals surface area contributed by atoms with Crippen LogP contribution in [0, 0.1) is 0 Å². The van der Waals surface area contributed by atoms with Crippen LogP contribution in [0.5, 0.6) is 0 Å². The summed E-state index contributed by atoms with van der Waals surface area (Å²) in [6.07, 6.45) is -0.495. The average molecular weight is 214 g/mol. The minimum Gasteiger partial charge on any atom is -0.475 e. The largest absolute Gasteiger partial charge is 0.475 e. The molecule has 1 heterocycles. The molecule has 0 radical (unpaired) electrons. The lowest BCUT2D eigenvalue weighted by atomic mass is 9.97. The highest BCUT2D eigenvalue weighted by Gasteiger charge is 2.34. The highest BCUT2D eigenvalue weighted by Crippen LogP contribution is 2.27. The number of ether oxygens (including phenoxy) is 1. The number of furan rings is 1. The number of aliphatic hydroxyl groups is 1. The van der Waals surface area contributed by atoms with Crippen LogP contribution in [0.4, 0.5) is 0 Å². The van der Waals surface area contributed by atoms with Crippen molar-refractivity contribution in [2.75, 3.05) is 7.11 Å². The molecule has 1 aromatic heterocycles. The number of rotatable bonds is 4. The number of hydrogen-bond donors (Lipinski definition) is 2. The van der Waals surface area contributed by atoms with Gasteiger partial charge in [0, 0.05) is 7.11 Å². The number of carbonyl (C=O) groups is 1. The first-order valence-electron chi connectivity index (χ1n) is 4.48. The lowest BCUT2D eigenvalue weighted by molar-refractivity contribution is -0.0895. The van der Waals surface area contributed by atoms with Crippen LogP contribution < -0.4 is 0 Å². The van der Waals surface area contributed by atoms with E-state index in [2.05, 4.69) is 0 Å². The van der Waals surface area contributed by atoms with E-state index in [0.717, 1.165) is 0 Å². The van der Waals surface area contributed by atoms with Crippen molar-refractivity contribution >= 4 is 5.97 Å². The molecular weight excluding hydrogens is 200 g/mol. The molecule has 0 aromatic carbocycles. The first-order valence-corrected chi connectivity index (χ1v) is 4.48. The molecule has 5 heteroatoms. The van der Waals surface area contributed by atoms with Crippen LogP contribution in [0.3, 0.4) is 0 Å². The fourth-order valence-corrected chi connectivity index (χ4v) is 1.15. The van der Waals surface area contributed by atoms with Gasteiger partial charge in [0.2, 0.25) is 5.76 Å². The lowest BCUT2D eigenvalue weighted by Crippen LogP contribution is -2.35. The Balaban J connectivity index is 3.00. The average Bonchev–Trinajstić information content (AvgIpc) is 2.65. The van der Waals surface area contributed by atoms with Crippen molar-refractivity contribution in [1.29, 1.82) is 0 Å². The highest BCUT2D eigenvalue weighted by atomic mass is 16.5. The van der Waals surface area contributed by atoms with Crippen molar-refractivity contribution in [3.8, 4) is 0 Å². The smallest absolute Gasteiger partial charge is 0.371 e. The quantitative estimate of drug-likeness (QED) is 0.787. The Bertz CT molecular complexity index is 352. The van der Waals surface area contributed by atoms with Gasteiger partial charge in [0.15, 0.2) is 0 Å². The normalized spacial score (nSPS) is 17.1. The zero-order chi connectivity index (χ0) is 11.6. The van der Waals surface area contributed by atoms with Gasteiger partial charge in [0.05, 0.1) is 6.10 Å². The molecule has 0 aliphatic rings.